The molecule has 0 spiro atoms. The third-order valence-electron chi connectivity index (χ3n) is 3.66. The van der Waals surface area contributed by atoms with Gasteiger partial charge in [-0.1, -0.05) is 28.9 Å². The molecule has 142 valence electrons. The van der Waals surface area contributed by atoms with Gasteiger partial charge < -0.3 is 14.3 Å². The van der Waals surface area contributed by atoms with E-state index in [1.807, 2.05) is 0 Å². The van der Waals surface area contributed by atoms with Crippen LogP contribution in [0.3, 0.4) is 0 Å². The molecule has 1 aromatic carbocycles. The van der Waals surface area contributed by atoms with Gasteiger partial charge in [0.2, 0.25) is 18.2 Å². The summed E-state index contributed by atoms with van der Waals surface area (Å²) in [7, 11) is 3.08. The lowest BCUT2D eigenvalue weighted by Gasteiger charge is -2.15. The summed E-state index contributed by atoms with van der Waals surface area (Å²) in [6.07, 6.45) is 3.04. The van der Waals surface area contributed by atoms with E-state index in [1.54, 1.807) is 26.1 Å². The van der Waals surface area contributed by atoms with Crippen LogP contribution in [0.1, 0.15) is 24.2 Å². The van der Waals surface area contributed by atoms with E-state index < -0.39 is 5.83 Å². The molecular weight excluding hydrogens is 375 g/mol. The number of aromatic nitrogens is 2. The lowest BCUT2D eigenvalue weighted by molar-refractivity contribution is -0.125. The molecular formula is C18H18ClFN4O3. The summed E-state index contributed by atoms with van der Waals surface area (Å²) in [5.41, 5.74) is 0.819. The van der Waals surface area contributed by atoms with Crippen LogP contribution in [0.15, 0.2) is 40.6 Å². The molecule has 0 saturated carbocycles. The van der Waals surface area contributed by atoms with Crippen LogP contribution in [-0.2, 0) is 16.1 Å². The third kappa shape index (κ3) is 5.75. The van der Waals surface area contributed by atoms with Gasteiger partial charge in [-0.15, -0.1) is 0 Å². The Kier molecular flexibility index (Phi) is 6.84. The molecule has 2 rings (SSSR count). The maximum atomic E-state index is 14.2. The fourth-order valence-corrected chi connectivity index (χ4v) is 2.08. The van der Waals surface area contributed by atoms with Crippen molar-refractivity contribution in [3.8, 4) is 0 Å². The second-order valence-electron chi connectivity index (χ2n) is 5.74. The lowest BCUT2D eigenvalue weighted by Crippen LogP contribution is -2.26. The first-order valence-corrected chi connectivity index (χ1v) is 8.25. The van der Waals surface area contributed by atoms with E-state index in [0.29, 0.717) is 22.7 Å². The maximum Gasteiger partial charge on any atom is 0.248 e. The summed E-state index contributed by atoms with van der Waals surface area (Å²) in [6.45, 7) is 1.67. The van der Waals surface area contributed by atoms with E-state index in [9.17, 15) is 14.0 Å². The molecule has 7 nitrogen and oxygen atoms in total. The van der Waals surface area contributed by atoms with Crippen LogP contribution in [0.25, 0.3) is 11.9 Å². The molecule has 0 saturated heterocycles. The summed E-state index contributed by atoms with van der Waals surface area (Å²) in [4.78, 5) is 29.4. The molecule has 0 bridgehead atoms. The number of carbonyl (C=O) groups excluding carboxylic acids is 2. The molecule has 0 fully saturated rings. The van der Waals surface area contributed by atoms with Gasteiger partial charge in [-0.05, 0) is 19.1 Å². The Balaban J connectivity index is 2.05. The van der Waals surface area contributed by atoms with Crippen molar-refractivity contribution < 1.29 is 18.5 Å². The molecule has 2 aromatic rings. The Morgan fingerprint density at radius 1 is 1.30 bits per heavy atom. The van der Waals surface area contributed by atoms with Crippen LogP contribution < -0.4 is 0 Å². The van der Waals surface area contributed by atoms with Crippen LogP contribution in [0.4, 0.5) is 4.39 Å². The molecule has 0 aliphatic carbocycles. The predicted molar refractivity (Wildman–Crippen MR) is 98.8 cm³/mol. The van der Waals surface area contributed by atoms with Crippen LogP contribution in [0.5, 0.6) is 0 Å². The third-order valence-corrected chi connectivity index (χ3v) is 3.91. The lowest BCUT2D eigenvalue weighted by atomic mass is 10.2. The molecule has 2 amide bonds. The number of likely N-dealkylation sites (N-methyl/N-ethyl adjacent to an activating group) is 1. The standard InChI is InChI=1S/C18H18ClFN4O3/c1-12(24(3)11-25)8-18(26)23(2)10-17-21-16(22-27-17)9-15(20)13-4-6-14(19)7-5-13/h4-9,11H,10H2,1-3H3/b12-8-,15-9-. The predicted octanol–water partition coefficient (Wildman–Crippen LogP) is 3.14. The highest BCUT2D eigenvalue weighted by Gasteiger charge is 2.13. The summed E-state index contributed by atoms with van der Waals surface area (Å²) in [5, 5.41) is 4.18. The van der Waals surface area contributed by atoms with Crippen molar-refractivity contribution in [2.75, 3.05) is 14.1 Å². The normalized spacial score (nSPS) is 12.0. The molecule has 1 aromatic heterocycles. The van der Waals surface area contributed by atoms with Crippen molar-refractivity contribution in [2.24, 2.45) is 0 Å². The summed E-state index contributed by atoms with van der Waals surface area (Å²) >= 11 is 5.77. The average molecular weight is 393 g/mol. The van der Waals surface area contributed by atoms with Gasteiger partial charge in [0.25, 0.3) is 0 Å². The zero-order chi connectivity index (χ0) is 20.0. The van der Waals surface area contributed by atoms with Crippen LogP contribution in [0, 0.1) is 0 Å². The Hall–Kier alpha value is -3.00. The van der Waals surface area contributed by atoms with Gasteiger partial charge >= 0.3 is 0 Å². The van der Waals surface area contributed by atoms with E-state index in [1.165, 1.54) is 35.1 Å². The maximum absolute atomic E-state index is 14.2. The zero-order valence-corrected chi connectivity index (χ0v) is 15.8. The second-order valence-corrected chi connectivity index (χ2v) is 6.18. The van der Waals surface area contributed by atoms with Gasteiger partial charge in [0, 0.05) is 42.5 Å². The first kappa shape index (κ1) is 20.3. The van der Waals surface area contributed by atoms with E-state index in [0.717, 1.165) is 6.08 Å². The first-order chi connectivity index (χ1) is 12.8. The van der Waals surface area contributed by atoms with Gasteiger partial charge in [-0.2, -0.15) is 4.98 Å². The molecule has 0 radical (unpaired) electrons. The molecule has 9 heteroatoms. The number of carbonyl (C=O) groups is 2. The number of benzene rings is 1. The number of nitrogens with zero attached hydrogens (tertiary/aromatic N) is 4. The van der Waals surface area contributed by atoms with Crippen molar-refractivity contribution >= 4 is 35.8 Å². The van der Waals surface area contributed by atoms with E-state index in [-0.39, 0.29) is 24.2 Å². The van der Waals surface area contributed by atoms with Crippen molar-refractivity contribution in [3.05, 3.63) is 58.3 Å². The smallest absolute Gasteiger partial charge is 0.248 e. The van der Waals surface area contributed by atoms with E-state index >= 15 is 0 Å². The number of rotatable bonds is 7. The SMILES string of the molecule is C/C(=C/C(=O)N(C)Cc1nc(/C=C(\F)c2ccc(Cl)cc2)no1)N(C)C=O. The number of allylic oxidation sites excluding steroid dienone is 1. The monoisotopic (exact) mass is 392 g/mol. The average Bonchev–Trinajstić information content (AvgIpc) is 3.07. The van der Waals surface area contributed by atoms with Gasteiger partial charge in [-0.3, -0.25) is 9.59 Å². The number of halogens is 2. The Bertz CT molecular complexity index is 877. The van der Waals surface area contributed by atoms with Crippen molar-refractivity contribution in [1.82, 2.24) is 19.9 Å². The fourth-order valence-electron chi connectivity index (χ4n) is 1.95. The first-order valence-electron chi connectivity index (χ1n) is 7.87. The second kappa shape index (κ2) is 9.09. The van der Waals surface area contributed by atoms with Gasteiger partial charge in [0.05, 0.1) is 6.54 Å². The van der Waals surface area contributed by atoms with E-state index in [4.69, 9.17) is 16.1 Å². The Morgan fingerprint density at radius 3 is 2.59 bits per heavy atom. The summed E-state index contributed by atoms with van der Waals surface area (Å²) < 4.78 is 19.2. The molecule has 1 heterocycles. The molecule has 0 aliphatic heterocycles. The Labute approximate surface area is 160 Å². The summed E-state index contributed by atoms with van der Waals surface area (Å²) in [6, 6.07) is 6.22. The highest BCUT2D eigenvalue weighted by Crippen LogP contribution is 2.20. The fraction of sp³-hybridized carbons (Fsp3) is 0.222. The van der Waals surface area contributed by atoms with Crippen LogP contribution in [-0.4, -0.2) is 46.4 Å². The van der Waals surface area contributed by atoms with Crippen LogP contribution >= 0.6 is 11.6 Å². The molecule has 0 aliphatic rings. The van der Waals surface area contributed by atoms with Crippen LogP contribution in [0.2, 0.25) is 5.02 Å². The van der Waals surface area contributed by atoms with E-state index in [2.05, 4.69) is 10.1 Å². The minimum atomic E-state index is -0.543. The topological polar surface area (TPSA) is 79.5 Å². The number of hydrogen-bond donors (Lipinski definition) is 0. The zero-order valence-electron chi connectivity index (χ0n) is 15.0. The minimum Gasteiger partial charge on any atom is -0.337 e. The molecule has 27 heavy (non-hydrogen) atoms. The molecule has 0 N–H and O–H groups in total. The highest BCUT2D eigenvalue weighted by molar-refractivity contribution is 6.30. The van der Waals surface area contributed by atoms with Gasteiger partial charge in [-0.25, -0.2) is 4.39 Å². The quantitative estimate of drug-likeness (QED) is 0.534. The number of hydrogen-bond acceptors (Lipinski definition) is 5. The largest absolute Gasteiger partial charge is 0.337 e. The van der Waals surface area contributed by atoms with Gasteiger partial charge in [0.1, 0.15) is 5.83 Å². The summed E-state index contributed by atoms with van der Waals surface area (Å²) in [5.74, 6) is -0.691. The van der Waals surface area contributed by atoms with Crippen molar-refractivity contribution in [2.45, 2.75) is 13.5 Å². The van der Waals surface area contributed by atoms with Crippen molar-refractivity contribution in [1.29, 1.82) is 0 Å². The van der Waals surface area contributed by atoms with Crippen molar-refractivity contribution in [3.63, 3.8) is 0 Å². The minimum absolute atomic E-state index is 0.0385. The number of amides is 2. The van der Waals surface area contributed by atoms with Gasteiger partial charge in [0.15, 0.2) is 5.82 Å². The molecule has 0 unspecified atom stereocenters. The highest BCUT2D eigenvalue weighted by atomic mass is 35.5. The Morgan fingerprint density at radius 2 is 1.96 bits per heavy atom. The molecule has 0 atom stereocenters.